The monoisotopic (exact) mass is 367 g/mol. The highest BCUT2D eigenvalue weighted by Gasteiger charge is 2.31. The number of hydrogen-bond acceptors (Lipinski definition) is 5. The molecule has 1 aromatic heterocycles. The first-order valence-corrected chi connectivity index (χ1v) is 8.69. The maximum absolute atomic E-state index is 13.7. The molecular formula is C20H18FN3O3. The Hall–Kier alpha value is -3.22. The Bertz CT molecular complexity index is 1000. The van der Waals surface area contributed by atoms with Crippen molar-refractivity contribution in [3.05, 3.63) is 59.7 Å². The molecule has 0 saturated carbocycles. The van der Waals surface area contributed by atoms with E-state index in [9.17, 15) is 9.18 Å². The van der Waals surface area contributed by atoms with Gasteiger partial charge in [0.15, 0.2) is 6.10 Å². The summed E-state index contributed by atoms with van der Waals surface area (Å²) in [6.07, 6.45) is -0.164. The second-order valence-corrected chi connectivity index (χ2v) is 6.44. The lowest BCUT2D eigenvalue weighted by Crippen LogP contribution is -2.45. The molecule has 1 unspecified atom stereocenters. The fraction of sp³-hybridized carbons (Fsp3) is 0.250. The smallest absolute Gasteiger partial charge is 0.267 e. The number of para-hydroxylation sites is 2. The molecule has 0 bridgehead atoms. The third-order valence-electron chi connectivity index (χ3n) is 4.52. The number of ether oxygens (including phenoxy) is 1. The molecule has 6 nitrogen and oxygen atoms in total. The van der Waals surface area contributed by atoms with Gasteiger partial charge in [0.25, 0.3) is 5.91 Å². The number of rotatable bonds is 4. The van der Waals surface area contributed by atoms with E-state index in [1.807, 2.05) is 24.3 Å². The van der Waals surface area contributed by atoms with Crippen LogP contribution in [0, 0.1) is 12.7 Å². The molecule has 1 amide bonds. The van der Waals surface area contributed by atoms with Gasteiger partial charge in [-0.3, -0.25) is 4.79 Å². The minimum absolute atomic E-state index is 0.117. The van der Waals surface area contributed by atoms with Crippen molar-refractivity contribution in [1.82, 2.24) is 10.1 Å². The molecule has 3 aromatic rings. The number of carbonyl (C=O) groups is 1. The minimum Gasteiger partial charge on any atom is -0.479 e. The summed E-state index contributed by atoms with van der Waals surface area (Å²) in [5.74, 6) is 0.949. The van der Waals surface area contributed by atoms with Crippen LogP contribution in [0.15, 0.2) is 47.0 Å². The van der Waals surface area contributed by atoms with E-state index in [1.165, 1.54) is 6.07 Å². The molecule has 1 aliphatic rings. The topological polar surface area (TPSA) is 68.5 Å². The standard InChI is InChI=1S/C20H18FN3O3/c1-12-7-8-14(11-15(12)21)19-22-18(27-23-19)9-10-24-16-5-3-4-6-17(16)26-13(2)20(24)25/h3-8,11,13H,9-10H2,1-2H3. The van der Waals surface area contributed by atoms with Gasteiger partial charge in [0.1, 0.15) is 11.6 Å². The molecule has 2 aromatic carbocycles. The number of fused-ring (bicyclic) bond motifs is 1. The van der Waals surface area contributed by atoms with Crippen LogP contribution in [0.2, 0.25) is 0 Å². The molecule has 0 N–H and O–H groups in total. The van der Waals surface area contributed by atoms with Crippen LogP contribution in [0.25, 0.3) is 11.4 Å². The summed E-state index contributed by atoms with van der Waals surface area (Å²) in [4.78, 5) is 18.5. The highest BCUT2D eigenvalue weighted by atomic mass is 19.1. The molecule has 0 spiro atoms. The Balaban J connectivity index is 1.52. The van der Waals surface area contributed by atoms with Gasteiger partial charge in [0.2, 0.25) is 11.7 Å². The number of hydrogen-bond donors (Lipinski definition) is 0. The van der Waals surface area contributed by atoms with Crippen LogP contribution < -0.4 is 9.64 Å². The van der Waals surface area contributed by atoms with Gasteiger partial charge in [-0.25, -0.2) is 4.39 Å². The van der Waals surface area contributed by atoms with Gasteiger partial charge >= 0.3 is 0 Å². The van der Waals surface area contributed by atoms with E-state index < -0.39 is 6.10 Å². The number of halogens is 1. The molecule has 2 heterocycles. The van der Waals surface area contributed by atoms with E-state index in [0.717, 1.165) is 5.69 Å². The summed E-state index contributed by atoms with van der Waals surface area (Å²) >= 11 is 0. The van der Waals surface area contributed by atoms with Crippen LogP contribution in [-0.2, 0) is 11.2 Å². The number of nitrogens with zero attached hydrogens (tertiary/aromatic N) is 3. The molecule has 1 atom stereocenters. The highest BCUT2D eigenvalue weighted by molar-refractivity contribution is 5.99. The molecule has 7 heteroatoms. The molecule has 1 aliphatic heterocycles. The van der Waals surface area contributed by atoms with Crippen molar-refractivity contribution in [1.29, 1.82) is 0 Å². The maximum atomic E-state index is 13.7. The van der Waals surface area contributed by atoms with Gasteiger partial charge in [-0.05, 0) is 37.6 Å². The third kappa shape index (κ3) is 3.28. The van der Waals surface area contributed by atoms with Gasteiger partial charge in [-0.2, -0.15) is 4.98 Å². The lowest BCUT2D eigenvalue weighted by atomic mass is 10.1. The molecule has 0 saturated heterocycles. The quantitative estimate of drug-likeness (QED) is 0.705. The van der Waals surface area contributed by atoms with Gasteiger partial charge < -0.3 is 14.2 Å². The molecule has 27 heavy (non-hydrogen) atoms. The predicted octanol–water partition coefficient (Wildman–Crippen LogP) is 3.54. The highest BCUT2D eigenvalue weighted by Crippen LogP contribution is 2.33. The van der Waals surface area contributed by atoms with Crippen LogP contribution in [0.5, 0.6) is 5.75 Å². The van der Waals surface area contributed by atoms with Crippen LogP contribution in [0.4, 0.5) is 10.1 Å². The number of anilines is 1. The second-order valence-electron chi connectivity index (χ2n) is 6.44. The first-order valence-electron chi connectivity index (χ1n) is 8.69. The maximum Gasteiger partial charge on any atom is 0.267 e. The summed E-state index contributed by atoms with van der Waals surface area (Å²) < 4.78 is 24.6. The normalized spacial score (nSPS) is 16.2. The van der Waals surface area contributed by atoms with Gasteiger partial charge in [0.05, 0.1) is 5.69 Å². The SMILES string of the molecule is Cc1ccc(-c2noc(CCN3C(=O)C(C)Oc4ccccc43)n2)cc1F. The van der Waals surface area contributed by atoms with Crippen LogP contribution in [-0.4, -0.2) is 28.7 Å². The average Bonchev–Trinajstić information content (AvgIpc) is 3.13. The summed E-state index contributed by atoms with van der Waals surface area (Å²) in [5, 5.41) is 3.92. The number of carbonyl (C=O) groups excluding carboxylic acids is 1. The Morgan fingerprint density at radius 1 is 1.22 bits per heavy atom. The van der Waals surface area contributed by atoms with Crippen molar-refractivity contribution in [3.63, 3.8) is 0 Å². The minimum atomic E-state index is -0.548. The number of amides is 1. The van der Waals surface area contributed by atoms with E-state index in [4.69, 9.17) is 9.26 Å². The van der Waals surface area contributed by atoms with Crippen molar-refractivity contribution in [2.45, 2.75) is 26.4 Å². The first kappa shape index (κ1) is 17.2. The van der Waals surface area contributed by atoms with Crippen molar-refractivity contribution < 1.29 is 18.4 Å². The Morgan fingerprint density at radius 3 is 2.85 bits per heavy atom. The second kappa shape index (κ2) is 6.83. The van der Waals surface area contributed by atoms with Crippen LogP contribution >= 0.6 is 0 Å². The summed E-state index contributed by atoms with van der Waals surface area (Å²) in [7, 11) is 0. The Kier molecular flexibility index (Phi) is 4.35. The van der Waals surface area contributed by atoms with E-state index in [-0.39, 0.29) is 11.7 Å². The van der Waals surface area contributed by atoms with E-state index >= 15 is 0 Å². The molecule has 0 fully saturated rings. The van der Waals surface area contributed by atoms with Crippen molar-refractivity contribution >= 4 is 11.6 Å². The summed E-state index contributed by atoms with van der Waals surface area (Å²) in [6.45, 7) is 3.80. The van der Waals surface area contributed by atoms with Gasteiger partial charge in [-0.15, -0.1) is 0 Å². The molecule has 0 radical (unpaired) electrons. The number of aryl methyl sites for hydroxylation is 1. The summed E-state index contributed by atoms with van der Waals surface area (Å²) in [6, 6.07) is 12.2. The van der Waals surface area contributed by atoms with Crippen LogP contribution in [0.3, 0.4) is 0 Å². The first-order chi connectivity index (χ1) is 13.0. The summed E-state index contributed by atoms with van der Waals surface area (Å²) in [5.41, 5.74) is 1.83. The number of aromatic nitrogens is 2. The zero-order valence-electron chi connectivity index (χ0n) is 15.0. The van der Waals surface area contributed by atoms with Gasteiger partial charge in [0, 0.05) is 18.5 Å². The molecular weight excluding hydrogens is 349 g/mol. The lowest BCUT2D eigenvalue weighted by Gasteiger charge is -2.32. The fourth-order valence-electron chi connectivity index (χ4n) is 3.00. The zero-order valence-corrected chi connectivity index (χ0v) is 15.0. The molecule has 4 rings (SSSR count). The third-order valence-corrected chi connectivity index (χ3v) is 4.52. The Labute approximate surface area is 155 Å². The lowest BCUT2D eigenvalue weighted by molar-refractivity contribution is -0.125. The van der Waals surface area contributed by atoms with Crippen molar-refractivity contribution in [3.8, 4) is 17.1 Å². The van der Waals surface area contributed by atoms with Crippen molar-refractivity contribution in [2.24, 2.45) is 0 Å². The van der Waals surface area contributed by atoms with Crippen molar-refractivity contribution in [2.75, 3.05) is 11.4 Å². The van der Waals surface area contributed by atoms with Crippen LogP contribution in [0.1, 0.15) is 18.4 Å². The average molecular weight is 367 g/mol. The number of benzene rings is 2. The predicted molar refractivity (Wildman–Crippen MR) is 97.0 cm³/mol. The molecule has 0 aliphatic carbocycles. The Morgan fingerprint density at radius 2 is 2.04 bits per heavy atom. The van der Waals surface area contributed by atoms with E-state index in [0.29, 0.717) is 41.6 Å². The largest absolute Gasteiger partial charge is 0.479 e. The zero-order chi connectivity index (χ0) is 19.0. The van der Waals surface area contributed by atoms with E-state index in [2.05, 4.69) is 10.1 Å². The van der Waals surface area contributed by atoms with E-state index in [1.54, 1.807) is 30.9 Å². The fourth-order valence-corrected chi connectivity index (χ4v) is 3.00. The molecule has 138 valence electrons. The van der Waals surface area contributed by atoms with Gasteiger partial charge in [-0.1, -0.05) is 29.4 Å².